The minimum Gasteiger partial charge on any atom is -0.373 e. The highest BCUT2D eigenvalue weighted by Gasteiger charge is 2.29. The third kappa shape index (κ3) is 4.18. The third-order valence-electron chi connectivity index (χ3n) is 3.19. The number of nitrogens with one attached hydrogen (secondary N) is 3. The summed E-state index contributed by atoms with van der Waals surface area (Å²) in [5.41, 5.74) is 0.435. The number of rotatable bonds is 7. The van der Waals surface area contributed by atoms with Gasteiger partial charge in [0.1, 0.15) is 10.9 Å². The Morgan fingerprint density at radius 1 is 1.33 bits per heavy atom. The van der Waals surface area contributed by atoms with Gasteiger partial charge in [-0.3, -0.25) is 4.79 Å². The second kappa shape index (κ2) is 6.44. The lowest BCUT2D eigenvalue weighted by atomic mass is 10.2. The Morgan fingerprint density at radius 3 is 2.62 bits per heavy atom. The molecular weight excluding hydrogens is 290 g/mol. The highest BCUT2D eigenvalue weighted by Crippen LogP contribution is 2.26. The monoisotopic (exact) mass is 311 g/mol. The van der Waals surface area contributed by atoms with Gasteiger partial charge in [0.2, 0.25) is 15.9 Å². The molecule has 1 saturated carbocycles. The molecule has 1 unspecified atom stereocenters. The predicted molar refractivity (Wildman–Crippen MR) is 81.6 cm³/mol. The van der Waals surface area contributed by atoms with Gasteiger partial charge >= 0.3 is 0 Å². The number of carbonyl (C=O) groups is 1. The highest BCUT2D eigenvalue weighted by molar-refractivity contribution is 7.89. The van der Waals surface area contributed by atoms with Gasteiger partial charge < -0.3 is 10.6 Å². The van der Waals surface area contributed by atoms with Gasteiger partial charge in [-0.1, -0.05) is 12.1 Å². The minimum atomic E-state index is -3.56. The molecule has 1 atom stereocenters. The van der Waals surface area contributed by atoms with Gasteiger partial charge in [0.25, 0.3) is 0 Å². The second-order valence-electron chi connectivity index (χ2n) is 5.15. The van der Waals surface area contributed by atoms with Gasteiger partial charge in [-0.25, -0.2) is 13.1 Å². The molecule has 116 valence electrons. The first-order chi connectivity index (χ1) is 9.94. The van der Waals surface area contributed by atoms with Crippen molar-refractivity contribution in [2.45, 2.75) is 43.7 Å². The van der Waals surface area contributed by atoms with E-state index in [1.165, 1.54) is 6.07 Å². The molecule has 2 rings (SSSR count). The van der Waals surface area contributed by atoms with Crippen LogP contribution in [-0.2, 0) is 14.8 Å². The zero-order valence-corrected chi connectivity index (χ0v) is 13.0. The smallest absolute Gasteiger partial charge is 0.242 e. The van der Waals surface area contributed by atoms with Gasteiger partial charge in [-0.15, -0.1) is 0 Å². The molecule has 21 heavy (non-hydrogen) atoms. The number of anilines is 1. The van der Waals surface area contributed by atoms with Crippen LogP contribution < -0.4 is 15.4 Å². The fourth-order valence-corrected chi connectivity index (χ4v) is 3.41. The van der Waals surface area contributed by atoms with E-state index in [0.29, 0.717) is 12.2 Å². The van der Waals surface area contributed by atoms with Crippen LogP contribution in [0.4, 0.5) is 5.69 Å². The van der Waals surface area contributed by atoms with E-state index in [2.05, 4.69) is 15.4 Å². The van der Waals surface area contributed by atoms with Crippen LogP contribution in [0.3, 0.4) is 0 Å². The lowest BCUT2D eigenvalue weighted by Crippen LogP contribution is -2.38. The normalized spacial score (nSPS) is 16.3. The molecule has 3 N–H and O–H groups in total. The van der Waals surface area contributed by atoms with Crippen molar-refractivity contribution in [1.29, 1.82) is 0 Å². The van der Waals surface area contributed by atoms with Crippen LogP contribution in [0.5, 0.6) is 0 Å². The fraction of sp³-hybridized carbons (Fsp3) is 0.500. The lowest BCUT2D eigenvalue weighted by Gasteiger charge is -2.17. The van der Waals surface area contributed by atoms with Gasteiger partial charge in [0.05, 0.1) is 5.69 Å². The maximum Gasteiger partial charge on any atom is 0.242 e. The zero-order chi connectivity index (χ0) is 15.5. The number of benzene rings is 1. The van der Waals surface area contributed by atoms with E-state index in [9.17, 15) is 13.2 Å². The first-order valence-electron chi connectivity index (χ1n) is 7.09. The first kappa shape index (κ1) is 15.8. The van der Waals surface area contributed by atoms with Crippen molar-refractivity contribution in [3.8, 4) is 0 Å². The Morgan fingerprint density at radius 2 is 2.00 bits per heavy atom. The van der Waals surface area contributed by atoms with Gasteiger partial charge in [0.15, 0.2) is 0 Å². The number of amides is 1. The molecule has 0 saturated heterocycles. The van der Waals surface area contributed by atoms with E-state index >= 15 is 0 Å². The lowest BCUT2D eigenvalue weighted by molar-refractivity contribution is -0.121. The van der Waals surface area contributed by atoms with E-state index in [1.807, 2.05) is 6.92 Å². The molecule has 0 bridgehead atoms. The molecule has 0 aliphatic heterocycles. The fourth-order valence-electron chi connectivity index (χ4n) is 1.93. The van der Waals surface area contributed by atoms with E-state index in [0.717, 1.165) is 12.8 Å². The van der Waals surface area contributed by atoms with E-state index in [-0.39, 0.29) is 16.8 Å². The van der Waals surface area contributed by atoms with Crippen molar-refractivity contribution in [2.75, 3.05) is 11.9 Å². The Bertz CT molecular complexity index is 612. The number of hydrogen-bond acceptors (Lipinski definition) is 4. The van der Waals surface area contributed by atoms with Crippen LogP contribution in [-0.4, -0.2) is 33.0 Å². The summed E-state index contributed by atoms with van der Waals surface area (Å²) in [6, 6.07) is 6.15. The topological polar surface area (TPSA) is 87.3 Å². The maximum absolute atomic E-state index is 12.3. The van der Waals surface area contributed by atoms with Gasteiger partial charge in [0, 0.05) is 12.6 Å². The largest absolute Gasteiger partial charge is 0.373 e. The quantitative estimate of drug-likeness (QED) is 0.703. The molecule has 1 aliphatic rings. The Kier molecular flexibility index (Phi) is 4.84. The molecule has 0 aromatic heterocycles. The van der Waals surface area contributed by atoms with E-state index < -0.39 is 16.1 Å². The SMILES string of the molecule is CCNC(=O)C(C)Nc1ccccc1S(=O)(=O)NC1CC1. The average Bonchev–Trinajstić information content (AvgIpc) is 3.22. The first-order valence-corrected chi connectivity index (χ1v) is 8.58. The number of hydrogen-bond donors (Lipinski definition) is 3. The zero-order valence-electron chi connectivity index (χ0n) is 12.2. The van der Waals surface area contributed by atoms with E-state index in [4.69, 9.17) is 0 Å². The van der Waals surface area contributed by atoms with Crippen LogP contribution in [0.25, 0.3) is 0 Å². The maximum atomic E-state index is 12.3. The van der Waals surface area contributed by atoms with E-state index in [1.54, 1.807) is 25.1 Å². The summed E-state index contributed by atoms with van der Waals surface area (Å²) in [7, 11) is -3.56. The van der Waals surface area contributed by atoms with Gasteiger partial charge in [-0.2, -0.15) is 0 Å². The number of sulfonamides is 1. The van der Waals surface area contributed by atoms with Crippen LogP contribution in [0.15, 0.2) is 29.2 Å². The Balaban J connectivity index is 2.18. The van der Waals surface area contributed by atoms with Crippen LogP contribution >= 0.6 is 0 Å². The van der Waals surface area contributed by atoms with Crippen molar-refractivity contribution in [2.24, 2.45) is 0 Å². The van der Waals surface area contributed by atoms with Crippen LogP contribution in [0.2, 0.25) is 0 Å². The van der Waals surface area contributed by atoms with Crippen molar-refractivity contribution < 1.29 is 13.2 Å². The van der Waals surface area contributed by atoms with Crippen molar-refractivity contribution in [3.05, 3.63) is 24.3 Å². The summed E-state index contributed by atoms with van der Waals surface area (Å²) < 4.78 is 27.3. The average molecular weight is 311 g/mol. The standard InChI is InChI=1S/C14H21N3O3S/c1-3-15-14(18)10(2)16-12-6-4-5-7-13(12)21(19,20)17-11-8-9-11/h4-7,10-11,16-17H,3,8-9H2,1-2H3,(H,15,18). The molecule has 1 fully saturated rings. The summed E-state index contributed by atoms with van der Waals surface area (Å²) >= 11 is 0. The molecule has 1 aliphatic carbocycles. The Labute approximate surface area is 125 Å². The summed E-state index contributed by atoms with van der Waals surface area (Å²) in [6.45, 7) is 4.07. The highest BCUT2D eigenvalue weighted by atomic mass is 32.2. The van der Waals surface area contributed by atoms with Crippen molar-refractivity contribution in [3.63, 3.8) is 0 Å². The second-order valence-corrected chi connectivity index (χ2v) is 6.83. The minimum absolute atomic E-state index is 0.0452. The molecule has 1 amide bonds. The molecule has 6 nitrogen and oxygen atoms in total. The molecule has 1 aromatic rings. The summed E-state index contributed by atoms with van der Waals surface area (Å²) in [5, 5.41) is 5.66. The molecule has 0 heterocycles. The van der Waals surface area contributed by atoms with Crippen LogP contribution in [0, 0.1) is 0 Å². The summed E-state index contributed by atoms with van der Waals surface area (Å²) in [6.07, 6.45) is 1.76. The number of para-hydroxylation sites is 1. The molecule has 0 radical (unpaired) electrons. The summed E-state index contributed by atoms with van der Waals surface area (Å²) in [5.74, 6) is -0.167. The molecular formula is C14H21N3O3S. The van der Waals surface area contributed by atoms with Crippen LogP contribution in [0.1, 0.15) is 26.7 Å². The van der Waals surface area contributed by atoms with Crippen molar-refractivity contribution >= 4 is 21.6 Å². The van der Waals surface area contributed by atoms with Gasteiger partial charge in [-0.05, 0) is 38.8 Å². The summed E-state index contributed by atoms with van der Waals surface area (Å²) in [4.78, 5) is 11.9. The third-order valence-corrected chi connectivity index (χ3v) is 4.77. The number of likely N-dealkylation sites (N-methyl/N-ethyl adjacent to an activating group) is 1. The number of carbonyl (C=O) groups excluding carboxylic acids is 1. The predicted octanol–water partition coefficient (Wildman–Crippen LogP) is 1.06. The molecule has 1 aromatic carbocycles. The molecule has 0 spiro atoms. The van der Waals surface area contributed by atoms with Crippen molar-refractivity contribution in [1.82, 2.24) is 10.0 Å². The molecule has 7 heteroatoms. The Hall–Kier alpha value is -1.60.